The quantitative estimate of drug-likeness (QED) is 0.404. The van der Waals surface area contributed by atoms with Crippen molar-refractivity contribution in [3.8, 4) is 5.75 Å². The fraction of sp³-hybridized carbons (Fsp3) is 0.458. The molecule has 0 amide bonds. The zero-order valence-electron chi connectivity index (χ0n) is 18.4. The van der Waals surface area contributed by atoms with Crippen LogP contribution in [0.1, 0.15) is 48.3 Å². The predicted molar refractivity (Wildman–Crippen MR) is 132 cm³/mol. The van der Waals surface area contributed by atoms with E-state index in [2.05, 4.69) is 13.8 Å². The Bertz CT molecular complexity index is 1020. The first kappa shape index (κ1) is 23.7. The van der Waals surface area contributed by atoms with Crippen LogP contribution in [0.2, 0.25) is 0 Å². The largest absolute Gasteiger partial charge is 0.426 e. The van der Waals surface area contributed by atoms with E-state index in [4.69, 9.17) is 4.74 Å². The second-order valence-electron chi connectivity index (χ2n) is 8.47. The van der Waals surface area contributed by atoms with E-state index in [0.29, 0.717) is 47.1 Å². The van der Waals surface area contributed by atoms with Crippen LogP contribution in [-0.2, 0) is 14.8 Å². The second kappa shape index (κ2) is 10.2. The molecule has 2 fully saturated rings. The SMILES string of the molecule is CC(C)c1ccc(S(=O)(=O)N2CCC(C(=O)Oc3ccc(C4SCCS4)cc3)CC2)cc1. The van der Waals surface area contributed by atoms with Crippen LogP contribution in [-0.4, -0.2) is 43.3 Å². The molecule has 2 heterocycles. The van der Waals surface area contributed by atoms with E-state index in [1.165, 1.54) is 21.4 Å². The van der Waals surface area contributed by atoms with Gasteiger partial charge in [0.05, 0.1) is 15.4 Å². The minimum absolute atomic E-state index is 0.277. The van der Waals surface area contributed by atoms with Crippen molar-refractivity contribution < 1.29 is 17.9 Å². The average molecular weight is 492 g/mol. The molecule has 0 aromatic heterocycles. The third kappa shape index (κ3) is 5.35. The van der Waals surface area contributed by atoms with Crippen molar-refractivity contribution in [2.75, 3.05) is 24.6 Å². The highest BCUT2D eigenvalue weighted by molar-refractivity contribution is 8.19. The molecule has 2 aromatic rings. The molecule has 8 heteroatoms. The summed E-state index contributed by atoms with van der Waals surface area (Å²) in [5, 5.41) is 0. The van der Waals surface area contributed by atoms with Crippen molar-refractivity contribution in [3.05, 3.63) is 59.7 Å². The van der Waals surface area contributed by atoms with Gasteiger partial charge in [0.25, 0.3) is 0 Å². The Morgan fingerprint density at radius 2 is 1.56 bits per heavy atom. The Balaban J connectivity index is 1.32. The van der Waals surface area contributed by atoms with Gasteiger partial charge in [-0.1, -0.05) is 38.1 Å². The van der Waals surface area contributed by atoms with E-state index in [1.54, 1.807) is 12.1 Å². The van der Waals surface area contributed by atoms with Crippen LogP contribution in [0.4, 0.5) is 0 Å². The van der Waals surface area contributed by atoms with Crippen molar-refractivity contribution >= 4 is 39.5 Å². The number of esters is 1. The molecule has 2 aliphatic heterocycles. The molecule has 0 aliphatic carbocycles. The summed E-state index contributed by atoms with van der Waals surface area (Å²) in [7, 11) is -3.55. The van der Waals surface area contributed by atoms with Gasteiger partial charge in [0.15, 0.2) is 0 Å². The number of benzene rings is 2. The minimum Gasteiger partial charge on any atom is -0.426 e. The second-order valence-corrected chi connectivity index (χ2v) is 13.1. The Labute approximate surface area is 199 Å². The third-order valence-corrected chi connectivity index (χ3v) is 11.0. The first-order chi connectivity index (χ1) is 15.3. The summed E-state index contributed by atoms with van der Waals surface area (Å²) in [5.74, 6) is 2.68. The first-order valence-electron chi connectivity index (χ1n) is 11.0. The van der Waals surface area contributed by atoms with Gasteiger partial charge in [0.2, 0.25) is 10.0 Å². The molecule has 0 atom stereocenters. The Kier molecular flexibility index (Phi) is 7.54. The van der Waals surface area contributed by atoms with E-state index in [1.807, 2.05) is 59.9 Å². The number of hydrogen-bond donors (Lipinski definition) is 0. The zero-order valence-corrected chi connectivity index (χ0v) is 20.8. The highest BCUT2D eigenvalue weighted by Gasteiger charge is 2.33. The lowest BCUT2D eigenvalue weighted by Crippen LogP contribution is -2.41. The standard InChI is InChI=1S/C24H29NO4S3/c1-17(2)18-5-9-22(10-6-18)32(27,28)25-13-11-19(12-14-25)23(26)29-21-7-3-20(4-8-21)24-30-15-16-31-24/h3-10,17,19,24H,11-16H2,1-2H3. The zero-order chi connectivity index (χ0) is 22.7. The number of carbonyl (C=O) groups is 1. The highest BCUT2D eigenvalue weighted by Crippen LogP contribution is 2.45. The van der Waals surface area contributed by atoms with Crippen LogP contribution in [0.15, 0.2) is 53.4 Å². The molecular formula is C24H29NO4S3. The van der Waals surface area contributed by atoms with Gasteiger partial charge in [-0.3, -0.25) is 4.79 Å². The molecule has 0 unspecified atom stereocenters. The molecule has 2 aliphatic rings. The van der Waals surface area contributed by atoms with Gasteiger partial charge < -0.3 is 4.74 Å². The number of sulfonamides is 1. The van der Waals surface area contributed by atoms with E-state index < -0.39 is 10.0 Å². The van der Waals surface area contributed by atoms with Crippen molar-refractivity contribution in [2.45, 2.75) is 42.1 Å². The van der Waals surface area contributed by atoms with Gasteiger partial charge in [-0.2, -0.15) is 4.31 Å². The number of nitrogens with zero attached hydrogens (tertiary/aromatic N) is 1. The van der Waals surface area contributed by atoms with Gasteiger partial charge in [-0.15, -0.1) is 23.5 Å². The summed E-state index contributed by atoms with van der Waals surface area (Å²) in [4.78, 5) is 12.9. The molecule has 0 bridgehead atoms. The summed E-state index contributed by atoms with van der Waals surface area (Å²) >= 11 is 3.88. The van der Waals surface area contributed by atoms with Gasteiger partial charge in [0.1, 0.15) is 5.75 Å². The number of rotatable bonds is 6. The van der Waals surface area contributed by atoms with Gasteiger partial charge in [0, 0.05) is 24.6 Å². The highest BCUT2D eigenvalue weighted by atomic mass is 32.2. The predicted octanol–water partition coefficient (Wildman–Crippen LogP) is 5.29. The molecule has 5 nitrogen and oxygen atoms in total. The molecule has 2 saturated heterocycles. The van der Waals surface area contributed by atoms with Crippen molar-refractivity contribution in [2.24, 2.45) is 5.92 Å². The van der Waals surface area contributed by atoms with E-state index >= 15 is 0 Å². The summed E-state index contributed by atoms with van der Waals surface area (Å²) < 4.78 is 33.5. The molecule has 4 rings (SSSR count). The van der Waals surface area contributed by atoms with Crippen LogP contribution < -0.4 is 4.74 Å². The number of thioether (sulfide) groups is 2. The fourth-order valence-corrected chi connectivity index (χ4v) is 8.28. The number of hydrogen-bond acceptors (Lipinski definition) is 6. The maximum Gasteiger partial charge on any atom is 0.314 e. The molecule has 0 saturated carbocycles. The Morgan fingerprint density at radius 3 is 2.12 bits per heavy atom. The number of ether oxygens (including phenoxy) is 1. The van der Waals surface area contributed by atoms with Crippen molar-refractivity contribution in [1.82, 2.24) is 4.31 Å². The maximum absolute atomic E-state index is 13.0. The van der Waals surface area contributed by atoms with Crippen LogP contribution in [0.25, 0.3) is 0 Å². The molecule has 0 spiro atoms. The lowest BCUT2D eigenvalue weighted by molar-refractivity contribution is -0.140. The molecular weight excluding hydrogens is 462 g/mol. The van der Waals surface area contributed by atoms with Crippen LogP contribution >= 0.6 is 23.5 Å². The molecule has 0 radical (unpaired) electrons. The smallest absolute Gasteiger partial charge is 0.314 e. The van der Waals surface area contributed by atoms with E-state index in [9.17, 15) is 13.2 Å². The lowest BCUT2D eigenvalue weighted by Gasteiger charge is -2.30. The number of carbonyl (C=O) groups excluding carboxylic acids is 1. The molecule has 32 heavy (non-hydrogen) atoms. The van der Waals surface area contributed by atoms with Crippen molar-refractivity contribution in [1.29, 1.82) is 0 Å². The summed E-state index contributed by atoms with van der Waals surface area (Å²) in [5.41, 5.74) is 2.36. The van der Waals surface area contributed by atoms with Crippen LogP contribution in [0.3, 0.4) is 0 Å². The van der Waals surface area contributed by atoms with Crippen LogP contribution in [0, 0.1) is 5.92 Å². The van der Waals surface area contributed by atoms with Gasteiger partial charge in [-0.05, 0) is 54.2 Å². The van der Waals surface area contributed by atoms with Gasteiger partial charge >= 0.3 is 5.97 Å². The Morgan fingerprint density at radius 1 is 0.969 bits per heavy atom. The molecule has 2 aromatic carbocycles. The fourth-order valence-electron chi connectivity index (χ4n) is 3.95. The summed E-state index contributed by atoms with van der Waals surface area (Å²) in [6, 6.07) is 14.9. The van der Waals surface area contributed by atoms with Crippen molar-refractivity contribution in [3.63, 3.8) is 0 Å². The Hall–Kier alpha value is -1.48. The van der Waals surface area contributed by atoms with Crippen LogP contribution in [0.5, 0.6) is 5.75 Å². The monoisotopic (exact) mass is 491 g/mol. The van der Waals surface area contributed by atoms with E-state index in [0.717, 1.165) is 5.56 Å². The molecule has 0 N–H and O–H groups in total. The lowest BCUT2D eigenvalue weighted by atomic mass is 9.98. The number of piperidine rings is 1. The minimum atomic E-state index is -3.55. The van der Waals surface area contributed by atoms with E-state index in [-0.39, 0.29) is 11.9 Å². The summed E-state index contributed by atoms with van der Waals surface area (Å²) in [6.45, 7) is 4.80. The third-order valence-electron chi connectivity index (χ3n) is 5.96. The molecule has 172 valence electrons. The first-order valence-corrected chi connectivity index (χ1v) is 14.5. The maximum atomic E-state index is 13.0. The normalized spacial score (nSPS) is 18.8. The summed E-state index contributed by atoms with van der Waals surface area (Å²) in [6.07, 6.45) is 0.936. The topological polar surface area (TPSA) is 63.7 Å². The van der Waals surface area contributed by atoms with Gasteiger partial charge in [-0.25, -0.2) is 8.42 Å². The average Bonchev–Trinajstić information content (AvgIpc) is 3.35.